The Balaban J connectivity index is 1.72. The van der Waals surface area contributed by atoms with Crippen LogP contribution in [0.3, 0.4) is 0 Å². The lowest BCUT2D eigenvalue weighted by molar-refractivity contribution is 0.0601. The summed E-state index contributed by atoms with van der Waals surface area (Å²) in [6, 6.07) is 2.63. The molecule has 3 N–H and O–H groups in total. The van der Waals surface area contributed by atoms with E-state index in [2.05, 4.69) is 31.8 Å². The number of aromatic hydroxyl groups is 1. The van der Waals surface area contributed by atoms with Gasteiger partial charge < -0.3 is 14.6 Å². The Morgan fingerprint density at radius 1 is 1.28 bits per heavy atom. The molecule has 1 aromatic carbocycles. The highest BCUT2D eigenvalue weighted by Crippen LogP contribution is 2.38. The molecule has 1 aromatic heterocycles. The number of anilines is 1. The van der Waals surface area contributed by atoms with Crippen LogP contribution in [0.5, 0.6) is 11.5 Å². The van der Waals surface area contributed by atoms with E-state index in [1.807, 2.05) is 0 Å². The van der Waals surface area contributed by atoms with Gasteiger partial charge in [0.2, 0.25) is 0 Å². The van der Waals surface area contributed by atoms with Gasteiger partial charge in [0.1, 0.15) is 5.00 Å². The fourth-order valence-corrected chi connectivity index (χ4v) is 4.82. The average molecular weight is 482 g/mol. The first-order valence-corrected chi connectivity index (χ1v) is 10.4. The number of phenols is 1. The van der Waals surface area contributed by atoms with E-state index in [1.165, 1.54) is 31.8 Å². The number of rotatable bonds is 5. The summed E-state index contributed by atoms with van der Waals surface area (Å²) >= 11 is 4.62. The summed E-state index contributed by atoms with van der Waals surface area (Å²) in [6.45, 7) is 0. The van der Waals surface area contributed by atoms with E-state index < -0.39 is 12.0 Å². The number of carbonyl (C=O) groups excluding carboxylic acids is 2. The van der Waals surface area contributed by atoms with E-state index in [0.29, 0.717) is 20.6 Å². The van der Waals surface area contributed by atoms with E-state index in [4.69, 9.17) is 9.47 Å². The highest BCUT2D eigenvalue weighted by Gasteiger charge is 2.26. The van der Waals surface area contributed by atoms with Crippen LogP contribution < -0.4 is 15.5 Å². The molecule has 2 aromatic rings. The SMILES string of the molecule is COC(=O)c1c(NC(=O)NN=Cc2cc(Br)c(O)c(OC)c2)sc2c1CCCC2. The van der Waals surface area contributed by atoms with Crippen LogP contribution >= 0.6 is 27.3 Å². The summed E-state index contributed by atoms with van der Waals surface area (Å²) < 4.78 is 10.4. The van der Waals surface area contributed by atoms with Crippen LogP contribution in [-0.4, -0.2) is 37.5 Å². The van der Waals surface area contributed by atoms with Crippen LogP contribution in [0.2, 0.25) is 0 Å². The Labute approximate surface area is 180 Å². The van der Waals surface area contributed by atoms with Crippen molar-refractivity contribution in [2.75, 3.05) is 19.5 Å². The molecule has 2 amide bonds. The number of aryl methyl sites for hydroxylation is 1. The van der Waals surface area contributed by atoms with Crippen LogP contribution in [0, 0.1) is 0 Å². The number of hydrogen-bond donors (Lipinski definition) is 3. The standard InChI is InChI=1S/C19H20BrN3O5S/c1-27-13-8-10(7-12(20)16(13)24)9-21-23-19(26)22-17-15(18(25)28-2)11-5-3-4-6-14(11)29-17/h7-9,24H,3-6H2,1-2H3,(H2,22,23,26). The van der Waals surface area contributed by atoms with Crippen molar-refractivity contribution in [1.29, 1.82) is 0 Å². The molecule has 0 spiro atoms. The van der Waals surface area contributed by atoms with Gasteiger partial charge in [-0.2, -0.15) is 5.10 Å². The maximum Gasteiger partial charge on any atom is 0.341 e. The topological polar surface area (TPSA) is 109 Å². The number of fused-ring (bicyclic) bond motifs is 1. The lowest BCUT2D eigenvalue weighted by Crippen LogP contribution is -2.24. The number of hydrogen-bond acceptors (Lipinski definition) is 7. The van der Waals surface area contributed by atoms with Gasteiger partial charge in [-0.05, 0) is 64.9 Å². The molecule has 0 saturated heterocycles. The molecule has 0 aliphatic heterocycles. The number of urea groups is 1. The third kappa shape index (κ3) is 4.70. The maximum atomic E-state index is 12.3. The molecule has 0 atom stereocenters. The zero-order chi connectivity index (χ0) is 21.0. The summed E-state index contributed by atoms with van der Waals surface area (Å²) in [5.74, 6) is -0.200. The molecular weight excluding hydrogens is 462 g/mol. The minimum Gasteiger partial charge on any atom is -0.503 e. The maximum absolute atomic E-state index is 12.3. The first-order chi connectivity index (χ1) is 13.9. The molecule has 3 rings (SSSR count). The first kappa shape index (κ1) is 21.1. The monoisotopic (exact) mass is 481 g/mol. The fraction of sp³-hybridized carbons (Fsp3) is 0.316. The van der Waals surface area contributed by atoms with E-state index in [0.717, 1.165) is 36.1 Å². The second-order valence-corrected chi connectivity index (χ2v) is 8.24. The van der Waals surface area contributed by atoms with Crippen molar-refractivity contribution >= 4 is 50.5 Å². The predicted octanol–water partition coefficient (Wildman–Crippen LogP) is 4.05. The van der Waals surface area contributed by atoms with Gasteiger partial charge in [0, 0.05) is 4.88 Å². The Kier molecular flexibility index (Phi) is 6.75. The lowest BCUT2D eigenvalue weighted by Gasteiger charge is -2.11. The van der Waals surface area contributed by atoms with Crippen molar-refractivity contribution in [1.82, 2.24) is 5.43 Å². The van der Waals surface area contributed by atoms with Gasteiger partial charge in [-0.25, -0.2) is 15.0 Å². The van der Waals surface area contributed by atoms with Crippen molar-refractivity contribution in [3.63, 3.8) is 0 Å². The second kappa shape index (κ2) is 9.27. The Hall–Kier alpha value is -2.59. The summed E-state index contributed by atoms with van der Waals surface area (Å²) in [5.41, 5.74) is 4.37. The van der Waals surface area contributed by atoms with E-state index in [1.54, 1.807) is 12.1 Å². The van der Waals surface area contributed by atoms with Gasteiger partial charge in [0.25, 0.3) is 0 Å². The number of esters is 1. The van der Waals surface area contributed by atoms with Gasteiger partial charge in [0.15, 0.2) is 11.5 Å². The number of hydrazone groups is 1. The number of ether oxygens (including phenoxy) is 2. The molecule has 1 aliphatic rings. The van der Waals surface area contributed by atoms with Gasteiger partial charge in [0.05, 0.1) is 30.5 Å². The van der Waals surface area contributed by atoms with Crippen LogP contribution in [0.1, 0.15) is 39.2 Å². The van der Waals surface area contributed by atoms with Crippen molar-refractivity contribution in [2.24, 2.45) is 5.10 Å². The molecule has 1 heterocycles. The van der Waals surface area contributed by atoms with Crippen LogP contribution in [-0.2, 0) is 17.6 Å². The Bertz CT molecular complexity index is 973. The third-order valence-electron chi connectivity index (χ3n) is 4.44. The predicted molar refractivity (Wildman–Crippen MR) is 114 cm³/mol. The number of benzene rings is 1. The van der Waals surface area contributed by atoms with Crippen LogP contribution in [0.25, 0.3) is 0 Å². The van der Waals surface area contributed by atoms with Crippen molar-refractivity contribution < 1.29 is 24.2 Å². The smallest absolute Gasteiger partial charge is 0.341 e. The van der Waals surface area contributed by atoms with Gasteiger partial charge in [-0.3, -0.25) is 5.32 Å². The molecule has 10 heteroatoms. The number of amides is 2. The normalized spacial score (nSPS) is 13.1. The second-order valence-electron chi connectivity index (χ2n) is 6.28. The van der Waals surface area contributed by atoms with E-state index >= 15 is 0 Å². The molecule has 0 fully saturated rings. The molecule has 0 unspecified atom stereocenters. The minimum absolute atomic E-state index is 0.0210. The van der Waals surface area contributed by atoms with Crippen molar-refractivity contribution in [2.45, 2.75) is 25.7 Å². The summed E-state index contributed by atoms with van der Waals surface area (Å²) in [5, 5.41) is 16.9. The quantitative estimate of drug-likeness (QED) is 0.339. The molecular formula is C19H20BrN3O5S. The van der Waals surface area contributed by atoms with Crippen molar-refractivity contribution in [3.05, 3.63) is 38.2 Å². The van der Waals surface area contributed by atoms with Gasteiger partial charge in [-0.1, -0.05) is 0 Å². The first-order valence-electron chi connectivity index (χ1n) is 8.84. The van der Waals surface area contributed by atoms with Crippen LogP contribution in [0.15, 0.2) is 21.7 Å². The Morgan fingerprint density at radius 2 is 2.03 bits per heavy atom. The number of halogens is 1. The van der Waals surface area contributed by atoms with Crippen LogP contribution in [0.4, 0.5) is 9.80 Å². The van der Waals surface area contributed by atoms with E-state index in [9.17, 15) is 14.7 Å². The molecule has 1 aliphatic carbocycles. The number of thiophene rings is 1. The minimum atomic E-state index is -0.574. The molecule has 0 radical (unpaired) electrons. The third-order valence-corrected chi connectivity index (χ3v) is 6.25. The lowest BCUT2D eigenvalue weighted by atomic mass is 9.95. The molecule has 154 valence electrons. The van der Waals surface area contributed by atoms with Crippen molar-refractivity contribution in [3.8, 4) is 11.5 Å². The van der Waals surface area contributed by atoms with Gasteiger partial charge >= 0.3 is 12.0 Å². The molecule has 8 nitrogen and oxygen atoms in total. The number of methoxy groups -OCH3 is 2. The summed E-state index contributed by atoms with van der Waals surface area (Å²) in [6.07, 6.45) is 5.18. The Morgan fingerprint density at radius 3 is 2.76 bits per heavy atom. The number of phenolic OH excluding ortho intramolecular Hbond substituents is 1. The zero-order valence-electron chi connectivity index (χ0n) is 15.9. The number of nitrogens with zero attached hydrogens (tertiary/aromatic N) is 1. The highest BCUT2D eigenvalue weighted by atomic mass is 79.9. The van der Waals surface area contributed by atoms with E-state index in [-0.39, 0.29) is 11.5 Å². The highest BCUT2D eigenvalue weighted by molar-refractivity contribution is 9.10. The summed E-state index contributed by atoms with van der Waals surface area (Å²) in [7, 11) is 2.76. The molecule has 0 saturated carbocycles. The molecule has 0 bridgehead atoms. The largest absolute Gasteiger partial charge is 0.503 e. The number of carbonyl (C=O) groups is 2. The number of nitrogens with one attached hydrogen (secondary N) is 2. The summed E-state index contributed by atoms with van der Waals surface area (Å²) in [4.78, 5) is 25.6. The van der Waals surface area contributed by atoms with Gasteiger partial charge in [-0.15, -0.1) is 11.3 Å². The zero-order valence-corrected chi connectivity index (χ0v) is 18.3. The molecule has 29 heavy (non-hydrogen) atoms. The average Bonchev–Trinajstić information content (AvgIpc) is 3.07. The fourth-order valence-electron chi connectivity index (χ4n) is 3.09.